The van der Waals surface area contributed by atoms with Crippen molar-refractivity contribution in [2.75, 3.05) is 6.61 Å². The molecule has 20 heavy (non-hydrogen) atoms. The van der Waals surface area contributed by atoms with Gasteiger partial charge in [-0.2, -0.15) is 0 Å². The summed E-state index contributed by atoms with van der Waals surface area (Å²) < 4.78 is 24.2. The van der Waals surface area contributed by atoms with Crippen LogP contribution in [0.2, 0.25) is 0 Å². The molecule has 1 heterocycles. The zero-order chi connectivity index (χ0) is 15.0. The van der Waals surface area contributed by atoms with Crippen molar-refractivity contribution < 1.29 is 24.1 Å². The molecule has 110 valence electrons. The quantitative estimate of drug-likeness (QED) is 0.894. The van der Waals surface area contributed by atoms with Crippen LogP contribution in [0.15, 0.2) is 24.3 Å². The van der Waals surface area contributed by atoms with E-state index in [1.807, 2.05) is 0 Å². The summed E-state index contributed by atoms with van der Waals surface area (Å²) >= 11 is 0. The zero-order valence-electron chi connectivity index (χ0n) is 11.8. The number of benzene rings is 1. The minimum Gasteiger partial charge on any atom is -0.507 e. The van der Waals surface area contributed by atoms with Crippen molar-refractivity contribution >= 4 is 6.08 Å². The van der Waals surface area contributed by atoms with Gasteiger partial charge in [-0.05, 0) is 39.0 Å². The van der Waals surface area contributed by atoms with Crippen LogP contribution < -0.4 is 0 Å². The molecule has 1 aliphatic heterocycles. The molecule has 0 bridgehead atoms. The third-order valence-corrected chi connectivity index (χ3v) is 3.26. The average Bonchev–Trinajstić information content (AvgIpc) is 2.65. The van der Waals surface area contributed by atoms with Crippen molar-refractivity contribution in [3.05, 3.63) is 35.7 Å². The fraction of sp³-hybridized carbons (Fsp3) is 0.467. The van der Waals surface area contributed by atoms with Crippen molar-refractivity contribution in [1.29, 1.82) is 0 Å². The Morgan fingerprint density at radius 3 is 2.65 bits per heavy atom. The number of hydrogen-bond donors (Lipinski definition) is 2. The molecule has 2 rings (SSSR count). The van der Waals surface area contributed by atoms with Crippen LogP contribution in [-0.2, 0) is 9.47 Å². The molecule has 5 heteroatoms. The van der Waals surface area contributed by atoms with E-state index in [9.17, 15) is 14.6 Å². The standard InChI is InChI=1S/C15H19FO4/c1-14(2)19-9-15(3,20-14)13(18)7-4-10-8-11(16)5-6-12(10)17/h4-8,13,17-18H,9H2,1-3H3/b7-4-/t13-,15+/m0/s1. The molecule has 0 amide bonds. The van der Waals surface area contributed by atoms with E-state index in [0.717, 1.165) is 0 Å². The van der Waals surface area contributed by atoms with E-state index in [2.05, 4.69) is 0 Å². The summed E-state index contributed by atoms with van der Waals surface area (Å²) in [6, 6.07) is 3.62. The topological polar surface area (TPSA) is 58.9 Å². The first-order chi connectivity index (χ1) is 9.22. The molecule has 0 aromatic heterocycles. The summed E-state index contributed by atoms with van der Waals surface area (Å²) in [5.74, 6) is -1.25. The van der Waals surface area contributed by atoms with Gasteiger partial charge in [-0.25, -0.2) is 4.39 Å². The second-order valence-corrected chi connectivity index (χ2v) is 5.61. The summed E-state index contributed by atoms with van der Waals surface area (Å²) in [4.78, 5) is 0. The van der Waals surface area contributed by atoms with E-state index < -0.39 is 23.3 Å². The van der Waals surface area contributed by atoms with Gasteiger partial charge in [0, 0.05) is 5.56 Å². The fourth-order valence-electron chi connectivity index (χ4n) is 2.14. The zero-order valence-corrected chi connectivity index (χ0v) is 11.8. The molecule has 4 nitrogen and oxygen atoms in total. The molecule has 0 radical (unpaired) electrons. The van der Waals surface area contributed by atoms with Crippen LogP contribution in [-0.4, -0.2) is 34.3 Å². The van der Waals surface area contributed by atoms with Crippen molar-refractivity contribution in [1.82, 2.24) is 0 Å². The van der Waals surface area contributed by atoms with E-state index in [-0.39, 0.29) is 12.4 Å². The third kappa shape index (κ3) is 3.17. The van der Waals surface area contributed by atoms with E-state index in [1.54, 1.807) is 20.8 Å². The Kier molecular flexibility index (Phi) is 3.86. The number of aliphatic hydroxyl groups is 1. The Bertz CT molecular complexity index is 527. The first-order valence-electron chi connectivity index (χ1n) is 6.41. The first-order valence-corrected chi connectivity index (χ1v) is 6.41. The summed E-state index contributed by atoms with van der Waals surface area (Å²) in [6.07, 6.45) is 1.98. The Labute approximate surface area is 117 Å². The van der Waals surface area contributed by atoms with Gasteiger partial charge in [0.25, 0.3) is 0 Å². The van der Waals surface area contributed by atoms with E-state index in [0.29, 0.717) is 5.56 Å². The highest BCUT2D eigenvalue weighted by Crippen LogP contribution is 2.34. The van der Waals surface area contributed by atoms with Gasteiger partial charge < -0.3 is 19.7 Å². The van der Waals surface area contributed by atoms with Crippen molar-refractivity contribution in [2.24, 2.45) is 0 Å². The molecule has 1 aromatic rings. The lowest BCUT2D eigenvalue weighted by Gasteiger charge is -2.28. The van der Waals surface area contributed by atoms with E-state index >= 15 is 0 Å². The second kappa shape index (κ2) is 5.16. The predicted octanol–water partition coefficient (Wildman–Crippen LogP) is 2.45. The van der Waals surface area contributed by atoms with Crippen LogP contribution in [0.1, 0.15) is 26.3 Å². The van der Waals surface area contributed by atoms with Gasteiger partial charge in [-0.1, -0.05) is 12.2 Å². The highest BCUT2D eigenvalue weighted by Gasteiger charge is 2.45. The van der Waals surface area contributed by atoms with Gasteiger partial charge in [0.2, 0.25) is 0 Å². The van der Waals surface area contributed by atoms with Crippen LogP contribution in [0.3, 0.4) is 0 Å². The number of ether oxygens (including phenoxy) is 2. The smallest absolute Gasteiger partial charge is 0.163 e. The summed E-state index contributed by atoms with van der Waals surface area (Å²) in [5.41, 5.74) is -0.575. The van der Waals surface area contributed by atoms with Gasteiger partial charge in [-0.3, -0.25) is 0 Å². The van der Waals surface area contributed by atoms with E-state index in [1.165, 1.54) is 30.4 Å². The van der Waals surface area contributed by atoms with Crippen molar-refractivity contribution in [3.63, 3.8) is 0 Å². The Hall–Kier alpha value is -1.43. The van der Waals surface area contributed by atoms with Crippen molar-refractivity contribution in [2.45, 2.75) is 38.3 Å². The lowest BCUT2D eigenvalue weighted by atomic mass is 9.99. The Morgan fingerprint density at radius 2 is 2.05 bits per heavy atom. The number of hydrogen-bond acceptors (Lipinski definition) is 4. The van der Waals surface area contributed by atoms with Crippen LogP contribution in [0, 0.1) is 5.82 Å². The lowest BCUT2D eigenvalue weighted by molar-refractivity contribution is -0.173. The van der Waals surface area contributed by atoms with Gasteiger partial charge >= 0.3 is 0 Å². The maximum atomic E-state index is 13.1. The number of phenols is 1. The highest BCUT2D eigenvalue weighted by molar-refractivity contribution is 5.57. The Balaban J connectivity index is 2.13. The van der Waals surface area contributed by atoms with Crippen LogP contribution >= 0.6 is 0 Å². The summed E-state index contributed by atoms with van der Waals surface area (Å²) in [6.45, 7) is 5.53. The average molecular weight is 282 g/mol. The van der Waals surface area contributed by atoms with Crippen LogP contribution in [0.4, 0.5) is 4.39 Å². The summed E-state index contributed by atoms with van der Waals surface area (Å²) in [7, 11) is 0. The molecule has 0 aliphatic carbocycles. The monoisotopic (exact) mass is 282 g/mol. The maximum absolute atomic E-state index is 13.1. The molecule has 1 fully saturated rings. The Morgan fingerprint density at radius 1 is 1.35 bits per heavy atom. The maximum Gasteiger partial charge on any atom is 0.163 e. The molecule has 0 spiro atoms. The number of phenolic OH excluding ortho intramolecular Hbond substituents is 1. The normalized spacial score (nSPS) is 27.1. The number of aromatic hydroxyl groups is 1. The molecule has 0 saturated carbocycles. The minimum atomic E-state index is -0.938. The summed E-state index contributed by atoms with van der Waals surface area (Å²) in [5, 5.41) is 19.8. The molecule has 2 N–H and O–H groups in total. The number of rotatable bonds is 3. The van der Waals surface area contributed by atoms with Crippen LogP contribution in [0.5, 0.6) is 5.75 Å². The van der Waals surface area contributed by atoms with Gasteiger partial charge in [0.1, 0.15) is 23.3 Å². The first kappa shape index (κ1) is 15.0. The number of aliphatic hydroxyl groups excluding tert-OH is 1. The number of halogens is 1. The predicted molar refractivity (Wildman–Crippen MR) is 72.6 cm³/mol. The molecule has 1 aromatic carbocycles. The second-order valence-electron chi connectivity index (χ2n) is 5.61. The molecule has 2 atom stereocenters. The highest BCUT2D eigenvalue weighted by atomic mass is 19.1. The molecule has 1 aliphatic rings. The molecular weight excluding hydrogens is 263 g/mol. The fourth-order valence-corrected chi connectivity index (χ4v) is 2.14. The van der Waals surface area contributed by atoms with Gasteiger partial charge in [0.05, 0.1) is 6.61 Å². The van der Waals surface area contributed by atoms with Gasteiger partial charge in [0.15, 0.2) is 5.79 Å². The van der Waals surface area contributed by atoms with E-state index in [4.69, 9.17) is 9.47 Å². The molecule has 1 saturated heterocycles. The van der Waals surface area contributed by atoms with Crippen LogP contribution in [0.25, 0.3) is 6.08 Å². The molecule has 0 unspecified atom stereocenters. The largest absolute Gasteiger partial charge is 0.507 e. The molecular formula is C15H19FO4. The minimum absolute atomic E-state index is 0.0519. The lowest BCUT2D eigenvalue weighted by Crippen LogP contribution is -2.41. The van der Waals surface area contributed by atoms with Gasteiger partial charge in [-0.15, -0.1) is 0 Å². The van der Waals surface area contributed by atoms with Crippen molar-refractivity contribution in [3.8, 4) is 5.75 Å². The third-order valence-electron chi connectivity index (χ3n) is 3.26. The SMILES string of the molecule is CC1(C)OC[C@](C)([C@@H](O)/C=C\c2cc(F)ccc2O)O1.